The molecule has 3 aromatic heterocycles. The Balaban J connectivity index is 1.09. The molecule has 13 aromatic rings. The van der Waals surface area contributed by atoms with Gasteiger partial charge in [-0.3, -0.25) is 15.0 Å². The maximum Gasteiger partial charge on any atom is 0.0723 e. The third kappa shape index (κ3) is 8.66. The van der Waals surface area contributed by atoms with E-state index in [4.69, 9.17) is 15.0 Å². The molecule has 6 heteroatoms. The van der Waals surface area contributed by atoms with Gasteiger partial charge in [-0.1, -0.05) is 195 Å². The lowest BCUT2D eigenvalue weighted by atomic mass is 9.81. The lowest BCUT2D eigenvalue weighted by molar-refractivity contribution is 0.661. The molecule has 0 fully saturated rings. The van der Waals surface area contributed by atoms with E-state index in [1.807, 2.05) is 24.8 Å². The molecule has 3 heterocycles. The lowest BCUT2D eigenvalue weighted by Crippen LogP contribution is -2.18. The molecule has 0 N–H and O–H groups in total. The van der Waals surface area contributed by atoms with Gasteiger partial charge in [-0.25, -0.2) is 0 Å². The van der Waals surface area contributed by atoms with Gasteiger partial charge in [0.2, 0.25) is 0 Å². The number of hydrogen-bond acceptors (Lipinski definition) is 6. The molecule has 10 aromatic carbocycles. The Morgan fingerprint density at radius 2 is 0.639 bits per heavy atom. The first-order valence-electron chi connectivity index (χ1n) is 29.3. The molecule has 0 saturated carbocycles. The second kappa shape index (κ2) is 20.4. The maximum absolute atomic E-state index is 5.00. The number of aromatic nitrogens is 3. The van der Waals surface area contributed by atoms with Crippen LogP contribution >= 0.6 is 0 Å². The SMILES string of the molecule is CC(C)c1ccc(N(c2ccc3c(c2)C(C)(C)c2cc4c(N(c5ccc(C(C)C)cc5)c5cncc6ccccc56)c5ccccc5c(N(c5ccc(C(C)C)cc5)c5cncc6ccccc56)c4cc2-3)c2cncc3ccccc23)cc1. The van der Waals surface area contributed by atoms with Crippen molar-refractivity contribution in [3.05, 3.63) is 265 Å². The molecule has 0 bridgehead atoms. The summed E-state index contributed by atoms with van der Waals surface area (Å²) < 4.78 is 0. The van der Waals surface area contributed by atoms with Gasteiger partial charge in [-0.15, -0.1) is 0 Å². The average Bonchev–Trinajstić information content (AvgIpc) is 2.83. The first-order valence-corrected chi connectivity index (χ1v) is 29.3. The third-order valence-corrected chi connectivity index (χ3v) is 17.6. The maximum atomic E-state index is 5.00. The van der Waals surface area contributed by atoms with E-state index >= 15 is 0 Å². The van der Waals surface area contributed by atoms with E-state index in [0.29, 0.717) is 17.8 Å². The number of pyridine rings is 3. The Bertz CT molecular complexity index is 4620. The van der Waals surface area contributed by atoms with E-state index < -0.39 is 5.41 Å². The first kappa shape index (κ1) is 51.5. The second-order valence-corrected chi connectivity index (χ2v) is 23.9. The van der Waals surface area contributed by atoms with E-state index in [2.05, 4.69) is 283 Å². The van der Waals surface area contributed by atoms with E-state index in [0.717, 1.165) is 105 Å². The molecule has 0 aliphatic heterocycles. The van der Waals surface area contributed by atoms with Crippen molar-refractivity contribution in [1.29, 1.82) is 0 Å². The fraction of sp³-hybridized carbons (Fsp3) is 0.156. The van der Waals surface area contributed by atoms with Crippen LogP contribution in [0.1, 0.15) is 101 Å². The van der Waals surface area contributed by atoms with Crippen LogP contribution in [0.2, 0.25) is 0 Å². The standard InChI is InChI=1S/C77H66N6/c1-48(2)51-25-31-57(32-26-51)81(72-45-78-42-54-17-9-12-20-61(54)72)60-37-38-64-67-40-68-69(41-71(67)77(7,8)70(64)39-60)76(83(59-35-29-53(30-36-59)50(5)6)74-47-80-44-56-19-11-14-22-63(56)74)66-24-16-15-23-65(66)75(68)82(58-33-27-52(28-34-58)49(3)4)73-46-79-43-55-18-10-13-21-62(55)73/h9-50H,1-8H3. The highest BCUT2D eigenvalue weighted by atomic mass is 15.2. The van der Waals surface area contributed by atoms with E-state index in [9.17, 15) is 0 Å². The molecule has 83 heavy (non-hydrogen) atoms. The largest absolute Gasteiger partial charge is 0.308 e. The summed E-state index contributed by atoms with van der Waals surface area (Å²) >= 11 is 0. The number of anilines is 9. The van der Waals surface area contributed by atoms with Crippen molar-refractivity contribution in [2.45, 2.75) is 78.6 Å². The topological polar surface area (TPSA) is 48.4 Å². The zero-order valence-corrected chi connectivity index (χ0v) is 48.4. The quantitative estimate of drug-likeness (QED) is 0.0898. The summed E-state index contributed by atoms with van der Waals surface area (Å²) in [7, 11) is 0. The summed E-state index contributed by atoms with van der Waals surface area (Å²) in [5.74, 6) is 1.15. The molecule has 6 nitrogen and oxygen atoms in total. The molecule has 0 saturated heterocycles. The molecule has 14 rings (SSSR count). The first-order chi connectivity index (χ1) is 40.4. The van der Waals surface area contributed by atoms with Gasteiger partial charge in [0.25, 0.3) is 0 Å². The normalized spacial score (nSPS) is 12.8. The molecule has 0 amide bonds. The minimum Gasteiger partial charge on any atom is -0.308 e. The average molecular weight is 1080 g/mol. The highest BCUT2D eigenvalue weighted by molar-refractivity contribution is 6.25. The molecule has 404 valence electrons. The van der Waals surface area contributed by atoms with Gasteiger partial charge < -0.3 is 14.7 Å². The van der Waals surface area contributed by atoms with Gasteiger partial charge >= 0.3 is 0 Å². The fourth-order valence-electron chi connectivity index (χ4n) is 13.0. The highest BCUT2D eigenvalue weighted by Crippen LogP contribution is 2.58. The Morgan fingerprint density at radius 3 is 1.05 bits per heavy atom. The van der Waals surface area contributed by atoms with Gasteiger partial charge in [0.05, 0.1) is 47.0 Å². The highest BCUT2D eigenvalue weighted by Gasteiger charge is 2.39. The summed E-state index contributed by atoms with van der Waals surface area (Å²) in [6.45, 7) is 18.4. The molecule has 1 aliphatic rings. The van der Waals surface area contributed by atoms with Crippen molar-refractivity contribution in [2.24, 2.45) is 0 Å². The molecule has 0 atom stereocenters. The summed E-state index contributed by atoms with van der Waals surface area (Å²) in [6.07, 6.45) is 12.1. The second-order valence-electron chi connectivity index (χ2n) is 23.9. The zero-order valence-electron chi connectivity index (χ0n) is 48.4. The molecule has 0 unspecified atom stereocenters. The van der Waals surface area contributed by atoms with Gasteiger partial charge in [-0.05, 0) is 117 Å². The number of nitrogens with zero attached hydrogens (tertiary/aromatic N) is 6. The predicted octanol–water partition coefficient (Wildman–Crippen LogP) is 21.7. The van der Waals surface area contributed by atoms with Crippen molar-refractivity contribution in [2.75, 3.05) is 14.7 Å². The van der Waals surface area contributed by atoms with Crippen LogP contribution in [0.25, 0.3) is 65.0 Å². The van der Waals surface area contributed by atoms with Crippen molar-refractivity contribution in [3.8, 4) is 11.1 Å². The minimum atomic E-state index is -0.432. The Hall–Kier alpha value is -9.65. The summed E-state index contributed by atoms with van der Waals surface area (Å²) in [5.41, 5.74) is 17.9. The predicted molar refractivity (Wildman–Crippen MR) is 351 cm³/mol. The summed E-state index contributed by atoms with van der Waals surface area (Å²) in [6, 6.07) is 74.7. The van der Waals surface area contributed by atoms with Crippen LogP contribution in [0.15, 0.2) is 237 Å². The van der Waals surface area contributed by atoms with Gasteiger partial charge in [0, 0.05) is 101 Å². The van der Waals surface area contributed by atoms with Crippen LogP contribution in [0.4, 0.5) is 51.2 Å². The van der Waals surface area contributed by atoms with Crippen LogP contribution < -0.4 is 14.7 Å². The summed E-state index contributed by atoms with van der Waals surface area (Å²) in [4.78, 5) is 22.2. The Labute approximate surface area is 487 Å². The van der Waals surface area contributed by atoms with Crippen LogP contribution in [-0.4, -0.2) is 15.0 Å². The van der Waals surface area contributed by atoms with Crippen LogP contribution in [-0.2, 0) is 5.41 Å². The Morgan fingerprint density at radius 1 is 0.301 bits per heavy atom. The van der Waals surface area contributed by atoms with Crippen LogP contribution in [0.3, 0.4) is 0 Å². The van der Waals surface area contributed by atoms with E-state index in [1.54, 1.807) is 0 Å². The zero-order chi connectivity index (χ0) is 56.7. The van der Waals surface area contributed by atoms with Gasteiger partial charge in [0.1, 0.15) is 0 Å². The fourth-order valence-corrected chi connectivity index (χ4v) is 13.0. The minimum absolute atomic E-state index is 0.370. The van der Waals surface area contributed by atoms with Gasteiger partial charge in [-0.2, -0.15) is 0 Å². The van der Waals surface area contributed by atoms with Crippen LogP contribution in [0, 0.1) is 0 Å². The number of hydrogen-bond donors (Lipinski definition) is 0. The van der Waals surface area contributed by atoms with E-state index in [1.165, 1.54) is 38.9 Å². The van der Waals surface area contributed by atoms with Crippen molar-refractivity contribution in [3.63, 3.8) is 0 Å². The number of fused-ring (bicyclic) bond motifs is 8. The van der Waals surface area contributed by atoms with Crippen molar-refractivity contribution in [1.82, 2.24) is 15.0 Å². The Kier molecular flexibility index (Phi) is 12.7. The molecule has 1 aliphatic carbocycles. The smallest absolute Gasteiger partial charge is 0.0723 e. The molecular weight excluding hydrogens is 1010 g/mol. The molecule has 0 spiro atoms. The van der Waals surface area contributed by atoms with Crippen molar-refractivity contribution < 1.29 is 0 Å². The number of rotatable bonds is 12. The number of benzene rings is 10. The molecular formula is C77H66N6. The van der Waals surface area contributed by atoms with Crippen LogP contribution in [0.5, 0.6) is 0 Å². The molecule has 0 radical (unpaired) electrons. The van der Waals surface area contributed by atoms with Crippen molar-refractivity contribution >= 4 is 105 Å². The monoisotopic (exact) mass is 1070 g/mol. The van der Waals surface area contributed by atoms with Gasteiger partial charge in [0.15, 0.2) is 0 Å². The van der Waals surface area contributed by atoms with E-state index in [-0.39, 0.29) is 0 Å². The summed E-state index contributed by atoms with van der Waals surface area (Å²) in [5, 5.41) is 11.1. The third-order valence-electron chi connectivity index (χ3n) is 17.6. The lowest BCUT2D eigenvalue weighted by Gasteiger charge is -2.34.